The van der Waals surface area contributed by atoms with Gasteiger partial charge in [0.1, 0.15) is 15.9 Å². The summed E-state index contributed by atoms with van der Waals surface area (Å²) in [4.78, 5) is 10.9. The van der Waals surface area contributed by atoms with E-state index in [-0.39, 0.29) is 5.69 Å². The van der Waals surface area contributed by atoms with Crippen LogP contribution in [0.1, 0.15) is 0 Å². The third kappa shape index (κ3) is 3.63. The number of benzene rings is 4. The molecule has 5 nitrogen and oxygen atoms in total. The van der Waals surface area contributed by atoms with E-state index >= 15 is 0 Å². The summed E-state index contributed by atoms with van der Waals surface area (Å²) >= 11 is 0. The average Bonchev–Trinajstić information content (AvgIpc) is 2.80. The molecule has 0 spiro atoms. The Morgan fingerprint density at radius 1 is 0.700 bits per heavy atom. The van der Waals surface area contributed by atoms with E-state index < -0.39 is 12.4 Å². The third-order valence-electron chi connectivity index (χ3n) is 4.80. The maximum Gasteiger partial charge on any atom is 0.287 e. The van der Waals surface area contributed by atoms with Crippen molar-refractivity contribution in [2.45, 2.75) is 0 Å². The van der Waals surface area contributed by atoms with Gasteiger partial charge in [0.15, 0.2) is 0 Å². The second-order valence-corrected chi connectivity index (χ2v) is 9.64. The zero-order valence-electron chi connectivity index (χ0n) is 16.1. The molecule has 148 valence electrons. The smallest absolute Gasteiger partial charge is 0.287 e. The Balaban J connectivity index is 2.01. The fraction of sp³-hybridized carbons (Fsp3) is 0. The summed E-state index contributed by atoms with van der Waals surface area (Å²) in [6.45, 7) is 0. The Labute approximate surface area is 175 Å². The van der Waals surface area contributed by atoms with Gasteiger partial charge in [0, 0.05) is 6.07 Å². The Hall–Kier alpha value is -3.69. The molecular formula is C24H20N2O3P+. The van der Waals surface area contributed by atoms with E-state index in [1.54, 1.807) is 0 Å². The zero-order chi connectivity index (χ0) is 21.0. The molecule has 0 aliphatic heterocycles. The molecule has 0 amide bonds. The van der Waals surface area contributed by atoms with Gasteiger partial charge < -0.3 is 10.3 Å². The molecule has 0 saturated carbocycles. The van der Waals surface area contributed by atoms with E-state index in [9.17, 15) is 10.1 Å². The first-order valence-corrected chi connectivity index (χ1v) is 11.1. The third-order valence-corrected chi connectivity index (χ3v) is 8.35. The summed E-state index contributed by atoms with van der Waals surface area (Å²) in [5.41, 5.74) is 6.49. The van der Waals surface area contributed by atoms with Crippen LogP contribution in [0.3, 0.4) is 0 Å². The van der Waals surface area contributed by atoms with Crippen LogP contribution in [0.2, 0.25) is 0 Å². The second-order valence-electron chi connectivity index (χ2n) is 6.69. The van der Waals surface area contributed by atoms with Crippen LogP contribution in [0, 0.1) is 10.1 Å². The fourth-order valence-electron chi connectivity index (χ4n) is 3.38. The minimum atomic E-state index is -2.65. The molecule has 4 rings (SSSR count). The molecular weight excluding hydrogens is 395 g/mol. The molecule has 0 heterocycles. The van der Waals surface area contributed by atoms with E-state index in [1.165, 1.54) is 18.2 Å². The minimum absolute atomic E-state index is 0.0634. The molecule has 2 N–H and O–H groups in total. The number of nitrogens with two attached hydrogens (primary N) is 1. The van der Waals surface area contributed by atoms with Gasteiger partial charge in [-0.2, -0.15) is 0 Å². The molecule has 0 aliphatic rings. The van der Waals surface area contributed by atoms with Crippen molar-refractivity contribution in [3.63, 3.8) is 0 Å². The monoisotopic (exact) mass is 415 g/mol. The molecule has 0 saturated heterocycles. The molecule has 0 bridgehead atoms. The lowest BCUT2D eigenvalue weighted by Gasteiger charge is -2.26. The Kier molecular flexibility index (Phi) is 5.46. The van der Waals surface area contributed by atoms with E-state index in [0.29, 0.717) is 11.4 Å². The van der Waals surface area contributed by atoms with Crippen molar-refractivity contribution in [1.82, 2.24) is 0 Å². The van der Waals surface area contributed by atoms with Gasteiger partial charge in [-0.15, -0.1) is 0 Å². The molecule has 0 fully saturated rings. The first-order chi connectivity index (χ1) is 14.6. The maximum atomic E-state index is 11.4. The van der Waals surface area contributed by atoms with Crippen LogP contribution >= 0.6 is 7.49 Å². The fourth-order valence-corrected chi connectivity index (χ4v) is 6.82. The first kappa shape index (κ1) is 19.6. The van der Waals surface area contributed by atoms with Crippen molar-refractivity contribution < 1.29 is 9.45 Å². The van der Waals surface area contributed by atoms with Crippen LogP contribution in [0.4, 0.5) is 11.4 Å². The molecule has 0 radical (unpaired) electrons. The van der Waals surface area contributed by atoms with Crippen LogP contribution in [-0.2, 0) is 0 Å². The molecule has 6 heteroatoms. The number of hydrogen-bond acceptors (Lipinski definition) is 4. The van der Waals surface area contributed by atoms with Crippen LogP contribution in [0.5, 0.6) is 5.75 Å². The summed E-state index contributed by atoms with van der Waals surface area (Å²) in [7, 11) is -2.65. The number of non-ortho nitro benzene ring substituents is 1. The summed E-state index contributed by atoms with van der Waals surface area (Å²) in [5, 5.41) is 14.3. The van der Waals surface area contributed by atoms with Crippen LogP contribution in [-0.4, -0.2) is 4.92 Å². The van der Waals surface area contributed by atoms with Crippen molar-refractivity contribution in [1.29, 1.82) is 0 Å². The zero-order valence-corrected chi connectivity index (χ0v) is 17.0. The van der Waals surface area contributed by atoms with Crippen molar-refractivity contribution >= 4 is 34.8 Å². The van der Waals surface area contributed by atoms with Crippen LogP contribution in [0.25, 0.3) is 0 Å². The summed E-state index contributed by atoms with van der Waals surface area (Å²) in [5.74, 6) is 0.300. The lowest BCUT2D eigenvalue weighted by molar-refractivity contribution is -0.384. The average molecular weight is 415 g/mol. The standard InChI is InChI=1S/C24H20N2O3P/c25-23-17-16-19(26(27)28)18-24(23)29-30(20-10-4-1-5-11-20,21-12-6-2-7-13-21)22-14-8-3-9-15-22/h1-18H,25H2/q+1. The highest BCUT2D eigenvalue weighted by Gasteiger charge is 2.50. The Morgan fingerprint density at radius 2 is 1.13 bits per heavy atom. The number of anilines is 1. The summed E-state index contributed by atoms with van der Waals surface area (Å²) in [6.07, 6.45) is 0. The quantitative estimate of drug-likeness (QED) is 0.218. The van der Waals surface area contributed by atoms with Gasteiger partial charge in [0.05, 0.1) is 16.7 Å². The van der Waals surface area contributed by atoms with E-state index in [1.807, 2.05) is 91.0 Å². The molecule has 0 aromatic heterocycles. The Bertz CT molecular complexity index is 1060. The molecule has 0 atom stereocenters. The van der Waals surface area contributed by atoms with E-state index in [4.69, 9.17) is 10.3 Å². The van der Waals surface area contributed by atoms with Gasteiger partial charge in [0.2, 0.25) is 5.75 Å². The van der Waals surface area contributed by atoms with E-state index in [0.717, 1.165) is 15.9 Å². The predicted molar refractivity (Wildman–Crippen MR) is 123 cm³/mol. The normalized spacial score (nSPS) is 11.1. The highest BCUT2D eigenvalue weighted by molar-refractivity contribution is 7.92. The summed E-state index contributed by atoms with van der Waals surface area (Å²) < 4.78 is 6.76. The molecule has 30 heavy (non-hydrogen) atoms. The molecule has 4 aromatic carbocycles. The van der Waals surface area contributed by atoms with Crippen LogP contribution < -0.4 is 26.2 Å². The van der Waals surface area contributed by atoms with Gasteiger partial charge in [-0.05, 0) is 42.5 Å². The largest absolute Gasteiger partial charge is 0.396 e. The van der Waals surface area contributed by atoms with Gasteiger partial charge in [-0.1, -0.05) is 54.6 Å². The number of nitrogen functional groups attached to an aromatic ring is 1. The van der Waals surface area contributed by atoms with Gasteiger partial charge in [-0.3, -0.25) is 10.1 Å². The van der Waals surface area contributed by atoms with Crippen LogP contribution in [0.15, 0.2) is 109 Å². The van der Waals surface area contributed by atoms with Gasteiger partial charge in [-0.25, -0.2) is 0 Å². The SMILES string of the molecule is Nc1ccc([N+](=O)[O-])cc1O[P+](c1ccccc1)(c1ccccc1)c1ccccc1. The second kappa shape index (κ2) is 8.36. The predicted octanol–water partition coefficient (Wildman–Crippen LogP) is 4.46. The van der Waals surface area contributed by atoms with Crippen molar-refractivity contribution in [3.8, 4) is 5.75 Å². The van der Waals surface area contributed by atoms with Crippen molar-refractivity contribution in [2.24, 2.45) is 0 Å². The number of hydrogen-bond donors (Lipinski definition) is 1. The number of nitro groups is 1. The van der Waals surface area contributed by atoms with Crippen molar-refractivity contribution in [3.05, 3.63) is 119 Å². The first-order valence-electron chi connectivity index (χ1n) is 9.41. The minimum Gasteiger partial charge on any atom is -0.396 e. The summed E-state index contributed by atoms with van der Waals surface area (Å²) in [6, 6.07) is 34.2. The lowest BCUT2D eigenvalue weighted by Crippen LogP contribution is -2.35. The molecule has 4 aromatic rings. The molecule has 0 unspecified atom stereocenters. The molecule has 0 aliphatic carbocycles. The topological polar surface area (TPSA) is 78.4 Å². The lowest BCUT2D eigenvalue weighted by atomic mass is 10.3. The van der Waals surface area contributed by atoms with E-state index in [2.05, 4.69) is 0 Å². The van der Waals surface area contributed by atoms with Gasteiger partial charge in [0.25, 0.3) is 13.2 Å². The number of rotatable bonds is 6. The Morgan fingerprint density at radius 3 is 1.53 bits per heavy atom. The highest BCUT2D eigenvalue weighted by Crippen LogP contribution is 2.57. The highest BCUT2D eigenvalue weighted by atomic mass is 31.2. The number of nitrogens with zero attached hydrogens (tertiary/aromatic N) is 1. The number of nitro benzene ring substituents is 1. The van der Waals surface area contributed by atoms with Crippen molar-refractivity contribution in [2.75, 3.05) is 5.73 Å². The van der Waals surface area contributed by atoms with Gasteiger partial charge >= 0.3 is 0 Å². The maximum absolute atomic E-state index is 11.4.